The quantitative estimate of drug-likeness (QED) is 0.728. The number of benzene rings is 1. The highest BCUT2D eigenvalue weighted by molar-refractivity contribution is 5.59. The lowest BCUT2D eigenvalue weighted by Gasteiger charge is -2.23. The van der Waals surface area contributed by atoms with Crippen LogP contribution in [-0.2, 0) is 0 Å². The fourth-order valence-electron chi connectivity index (χ4n) is 2.43. The van der Waals surface area contributed by atoms with E-state index in [1.807, 2.05) is 30.3 Å². The van der Waals surface area contributed by atoms with E-state index in [1.54, 1.807) is 0 Å². The Bertz CT molecular complexity index is 411. The minimum absolute atomic E-state index is 0.451. The van der Waals surface area contributed by atoms with Crippen LogP contribution < -0.4 is 5.32 Å². The molecule has 2 nitrogen and oxygen atoms in total. The minimum atomic E-state index is -0.451. The molecule has 2 rings (SSSR count). The number of nitrogens with one attached hydrogen (secondary N) is 1. The molecule has 0 amide bonds. The van der Waals surface area contributed by atoms with Gasteiger partial charge in [-0.05, 0) is 25.0 Å². The fraction of sp³-hybridized carbons (Fsp3) is 0.500. The summed E-state index contributed by atoms with van der Waals surface area (Å²) in [5.74, 6) is 0. The third-order valence-electron chi connectivity index (χ3n) is 3.48. The summed E-state index contributed by atoms with van der Waals surface area (Å²) >= 11 is 0. The average molecular weight is 245 g/mol. The van der Waals surface area contributed by atoms with E-state index in [4.69, 9.17) is 0 Å². The molecule has 0 aromatic heterocycles. The number of para-hydroxylation sites is 1. The summed E-state index contributed by atoms with van der Waals surface area (Å²) in [7, 11) is 0. The predicted molar refractivity (Wildman–Crippen MR) is 76.5 cm³/mol. The van der Waals surface area contributed by atoms with Crippen molar-refractivity contribution < 1.29 is 5.11 Å². The number of fused-ring (bicyclic) bond motifs is 1. The van der Waals surface area contributed by atoms with Crippen molar-refractivity contribution in [3.63, 3.8) is 0 Å². The number of anilines is 1. The maximum absolute atomic E-state index is 10.1. The molecular weight excluding hydrogens is 222 g/mol. The molecule has 2 heteroatoms. The first-order chi connectivity index (χ1) is 8.81. The topological polar surface area (TPSA) is 32.3 Å². The van der Waals surface area contributed by atoms with Crippen molar-refractivity contribution in [1.29, 1.82) is 0 Å². The number of hydrogen-bond donors (Lipinski definition) is 2. The highest BCUT2D eigenvalue weighted by Gasteiger charge is 2.16. The summed E-state index contributed by atoms with van der Waals surface area (Å²) in [6, 6.07) is 7.97. The molecule has 1 aliphatic heterocycles. The van der Waals surface area contributed by atoms with Gasteiger partial charge in [0.15, 0.2) is 0 Å². The van der Waals surface area contributed by atoms with E-state index in [9.17, 15) is 5.11 Å². The summed E-state index contributed by atoms with van der Waals surface area (Å²) in [6.07, 6.45) is 8.96. The van der Waals surface area contributed by atoms with E-state index in [1.165, 1.54) is 32.1 Å². The molecule has 0 radical (unpaired) electrons. The molecule has 1 aliphatic rings. The SMILES string of the molecule is CCCCCCCC1=CC(O)c2ccccc2N1. The van der Waals surface area contributed by atoms with E-state index in [0.29, 0.717) is 0 Å². The van der Waals surface area contributed by atoms with Crippen molar-refractivity contribution >= 4 is 5.69 Å². The minimum Gasteiger partial charge on any atom is -0.384 e. The van der Waals surface area contributed by atoms with Gasteiger partial charge >= 0.3 is 0 Å². The molecule has 0 saturated heterocycles. The molecule has 98 valence electrons. The van der Waals surface area contributed by atoms with Gasteiger partial charge in [0, 0.05) is 16.9 Å². The van der Waals surface area contributed by atoms with Gasteiger partial charge in [-0.3, -0.25) is 0 Å². The summed E-state index contributed by atoms with van der Waals surface area (Å²) in [6.45, 7) is 2.23. The lowest BCUT2D eigenvalue weighted by molar-refractivity contribution is 0.226. The van der Waals surface area contributed by atoms with Gasteiger partial charge in [0.1, 0.15) is 6.10 Å². The number of aliphatic hydroxyl groups is 1. The molecule has 0 aliphatic carbocycles. The van der Waals surface area contributed by atoms with Crippen molar-refractivity contribution in [2.75, 3.05) is 5.32 Å². The van der Waals surface area contributed by atoms with Gasteiger partial charge in [-0.15, -0.1) is 0 Å². The van der Waals surface area contributed by atoms with E-state index >= 15 is 0 Å². The Labute approximate surface area is 110 Å². The second kappa shape index (κ2) is 6.60. The molecule has 1 heterocycles. The number of allylic oxidation sites excluding steroid dienone is 1. The number of unbranched alkanes of at least 4 members (excludes halogenated alkanes) is 4. The first-order valence-electron chi connectivity index (χ1n) is 7.06. The van der Waals surface area contributed by atoms with Crippen LogP contribution in [0.25, 0.3) is 0 Å². The summed E-state index contributed by atoms with van der Waals surface area (Å²) in [4.78, 5) is 0. The molecule has 0 saturated carbocycles. The number of rotatable bonds is 6. The molecule has 18 heavy (non-hydrogen) atoms. The lowest BCUT2D eigenvalue weighted by atomic mass is 10.00. The number of hydrogen-bond acceptors (Lipinski definition) is 2. The van der Waals surface area contributed by atoms with Gasteiger partial charge in [-0.2, -0.15) is 0 Å². The maximum Gasteiger partial charge on any atom is 0.101 e. The van der Waals surface area contributed by atoms with Gasteiger partial charge in [-0.25, -0.2) is 0 Å². The number of aliphatic hydroxyl groups excluding tert-OH is 1. The zero-order valence-corrected chi connectivity index (χ0v) is 11.2. The van der Waals surface area contributed by atoms with Crippen LogP contribution in [0.3, 0.4) is 0 Å². The lowest BCUT2D eigenvalue weighted by Crippen LogP contribution is -2.11. The normalized spacial score (nSPS) is 17.9. The van der Waals surface area contributed by atoms with Crippen LogP contribution in [0, 0.1) is 0 Å². The van der Waals surface area contributed by atoms with Crippen LogP contribution in [0.1, 0.15) is 57.1 Å². The van der Waals surface area contributed by atoms with E-state index in [0.717, 1.165) is 23.4 Å². The summed E-state index contributed by atoms with van der Waals surface area (Å²) in [5, 5.41) is 13.5. The largest absolute Gasteiger partial charge is 0.384 e. The van der Waals surface area contributed by atoms with Crippen LogP contribution in [0.15, 0.2) is 36.0 Å². The zero-order chi connectivity index (χ0) is 12.8. The van der Waals surface area contributed by atoms with Crippen LogP contribution in [0.4, 0.5) is 5.69 Å². The Kier molecular flexibility index (Phi) is 4.82. The van der Waals surface area contributed by atoms with Crippen LogP contribution in [-0.4, -0.2) is 5.11 Å². The molecule has 2 N–H and O–H groups in total. The molecule has 0 bridgehead atoms. The first kappa shape index (κ1) is 13.2. The summed E-state index contributed by atoms with van der Waals surface area (Å²) in [5.41, 5.74) is 3.20. The molecule has 1 aromatic carbocycles. The first-order valence-corrected chi connectivity index (χ1v) is 7.06. The Morgan fingerprint density at radius 1 is 1.11 bits per heavy atom. The summed E-state index contributed by atoms with van der Waals surface area (Å²) < 4.78 is 0. The van der Waals surface area contributed by atoms with Crippen LogP contribution in [0.5, 0.6) is 0 Å². The van der Waals surface area contributed by atoms with Crippen molar-refractivity contribution in [2.45, 2.75) is 51.6 Å². The Hall–Kier alpha value is -1.28. The molecule has 1 unspecified atom stereocenters. The standard InChI is InChI=1S/C16H23NO/c1-2-3-4-5-6-9-13-12-16(18)14-10-7-8-11-15(14)17-13/h7-8,10-12,16-18H,2-6,9H2,1H3. The molecule has 0 fully saturated rings. The van der Waals surface area contributed by atoms with Gasteiger partial charge < -0.3 is 10.4 Å². The van der Waals surface area contributed by atoms with Crippen LogP contribution >= 0.6 is 0 Å². The highest BCUT2D eigenvalue weighted by Crippen LogP contribution is 2.31. The predicted octanol–water partition coefficient (Wildman–Crippen LogP) is 4.39. The second-order valence-electron chi connectivity index (χ2n) is 5.01. The fourth-order valence-corrected chi connectivity index (χ4v) is 2.43. The second-order valence-corrected chi connectivity index (χ2v) is 5.01. The molecule has 0 spiro atoms. The van der Waals surface area contributed by atoms with Crippen molar-refractivity contribution in [1.82, 2.24) is 0 Å². The molecule has 1 atom stereocenters. The van der Waals surface area contributed by atoms with Gasteiger partial charge in [0.2, 0.25) is 0 Å². The Balaban J connectivity index is 1.85. The van der Waals surface area contributed by atoms with Crippen molar-refractivity contribution in [3.8, 4) is 0 Å². The molecule has 1 aromatic rings. The van der Waals surface area contributed by atoms with Gasteiger partial charge in [-0.1, -0.05) is 50.8 Å². The van der Waals surface area contributed by atoms with Crippen molar-refractivity contribution in [3.05, 3.63) is 41.6 Å². The third kappa shape index (κ3) is 3.36. The van der Waals surface area contributed by atoms with Gasteiger partial charge in [0.25, 0.3) is 0 Å². The third-order valence-corrected chi connectivity index (χ3v) is 3.48. The van der Waals surface area contributed by atoms with Gasteiger partial charge in [0.05, 0.1) is 0 Å². The molecular formula is C16H23NO. The van der Waals surface area contributed by atoms with E-state index < -0.39 is 6.10 Å². The smallest absolute Gasteiger partial charge is 0.101 e. The Morgan fingerprint density at radius 3 is 2.72 bits per heavy atom. The zero-order valence-electron chi connectivity index (χ0n) is 11.2. The average Bonchev–Trinajstić information content (AvgIpc) is 2.39. The van der Waals surface area contributed by atoms with E-state index in [-0.39, 0.29) is 0 Å². The van der Waals surface area contributed by atoms with Crippen molar-refractivity contribution in [2.24, 2.45) is 0 Å². The van der Waals surface area contributed by atoms with E-state index in [2.05, 4.69) is 12.2 Å². The monoisotopic (exact) mass is 245 g/mol. The Morgan fingerprint density at radius 2 is 1.89 bits per heavy atom. The van der Waals surface area contributed by atoms with Crippen LogP contribution in [0.2, 0.25) is 0 Å². The maximum atomic E-state index is 10.1. The highest BCUT2D eigenvalue weighted by atomic mass is 16.3.